The summed E-state index contributed by atoms with van der Waals surface area (Å²) in [6, 6.07) is 2.71. The molecule has 2 aliphatic rings. The zero-order chi connectivity index (χ0) is 18.5. The Balaban J connectivity index is 1.53. The highest BCUT2D eigenvalue weighted by Crippen LogP contribution is 2.24. The third kappa shape index (κ3) is 5.40. The predicted octanol–water partition coefficient (Wildman–Crippen LogP) is 2.48. The quantitative estimate of drug-likeness (QED) is 0.845. The number of amides is 1. The highest BCUT2D eigenvalue weighted by atomic mass is 16.2. The molecule has 1 N–H and O–H groups in total. The predicted molar refractivity (Wildman–Crippen MR) is 104 cm³/mol. The fourth-order valence-corrected chi connectivity index (χ4v) is 4.14. The molecule has 1 aliphatic heterocycles. The summed E-state index contributed by atoms with van der Waals surface area (Å²) in [6.07, 6.45) is 8.24. The van der Waals surface area contributed by atoms with Crippen LogP contribution in [0.1, 0.15) is 50.0 Å². The molecule has 1 aromatic rings. The molecule has 0 bridgehead atoms. The smallest absolute Gasteiger partial charge is 0.236 e. The largest absolute Gasteiger partial charge is 0.367 e. The van der Waals surface area contributed by atoms with E-state index in [1.165, 1.54) is 25.7 Å². The molecule has 2 fully saturated rings. The summed E-state index contributed by atoms with van der Waals surface area (Å²) in [6.45, 7) is 4.22. The van der Waals surface area contributed by atoms with Crippen LogP contribution in [0, 0.1) is 12.8 Å². The number of nitrogens with zero attached hydrogens (tertiary/aromatic N) is 4. The van der Waals surface area contributed by atoms with E-state index < -0.39 is 0 Å². The van der Waals surface area contributed by atoms with Gasteiger partial charge in [0.1, 0.15) is 11.6 Å². The molecule has 3 rings (SSSR count). The maximum atomic E-state index is 12.2. The molecule has 26 heavy (non-hydrogen) atoms. The Bertz CT molecular complexity index is 604. The molecule has 1 saturated carbocycles. The highest BCUT2D eigenvalue weighted by molar-refractivity contribution is 5.78. The Hall–Kier alpha value is -1.69. The highest BCUT2D eigenvalue weighted by Gasteiger charge is 2.24. The molecule has 0 atom stereocenters. The van der Waals surface area contributed by atoms with E-state index in [-0.39, 0.29) is 5.91 Å². The lowest BCUT2D eigenvalue weighted by Gasteiger charge is -2.32. The first-order chi connectivity index (χ1) is 12.5. The summed E-state index contributed by atoms with van der Waals surface area (Å²) < 4.78 is 0. The number of carbonyl (C=O) groups is 1. The normalized spacial score (nSPS) is 19.3. The summed E-state index contributed by atoms with van der Waals surface area (Å²) in [5.41, 5.74) is 1.14. The molecule has 1 aliphatic carbocycles. The number of hydrogen-bond acceptors (Lipinski definition) is 5. The second-order valence-electron chi connectivity index (χ2n) is 8.18. The fourth-order valence-electron chi connectivity index (χ4n) is 4.14. The Labute approximate surface area is 157 Å². The number of piperidine rings is 1. The number of nitrogens with one attached hydrogen (secondary N) is 1. The van der Waals surface area contributed by atoms with Gasteiger partial charge in [0.15, 0.2) is 0 Å². The lowest BCUT2D eigenvalue weighted by molar-refractivity contribution is -0.133. The molecule has 144 valence electrons. The van der Waals surface area contributed by atoms with Gasteiger partial charge < -0.3 is 15.1 Å². The average Bonchev–Trinajstić information content (AvgIpc) is 3.07. The van der Waals surface area contributed by atoms with Crippen molar-refractivity contribution < 1.29 is 4.79 Å². The van der Waals surface area contributed by atoms with Gasteiger partial charge in [-0.15, -0.1) is 0 Å². The van der Waals surface area contributed by atoms with Crippen LogP contribution in [0.15, 0.2) is 6.07 Å². The molecule has 6 heteroatoms. The summed E-state index contributed by atoms with van der Waals surface area (Å²) in [5, 5.41) is 3.59. The van der Waals surface area contributed by atoms with Crippen LogP contribution in [-0.2, 0) is 11.2 Å². The van der Waals surface area contributed by atoms with Crippen molar-refractivity contribution in [3.8, 4) is 0 Å². The van der Waals surface area contributed by atoms with Crippen molar-refractivity contribution in [1.82, 2.24) is 19.8 Å². The first-order valence-corrected chi connectivity index (χ1v) is 10.0. The maximum absolute atomic E-state index is 12.2. The van der Waals surface area contributed by atoms with Crippen LogP contribution in [0.25, 0.3) is 0 Å². The van der Waals surface area contributed by atoms with Crippen molar-refractivity contribution in [2.45, 2.75) is 57.9 Å². The average molecular weight is 360 g/mol. The number of carbonyl (C=O) groups excluding carboxylic acids is 1. The number of rotatable bonds is 6. The molecule has 6 nitrogen and oxygen atoms in total. The van der Waals surface area contributed by atoms with Crippen molar-refractivity contribution >= 4 is 11.7 Å². The van der Waals surface area contributed by atoms with E-state index in [0.29, 0.717) is 18.5 Å². The van der Waals surface area contributed by atoms with Gasteiger partial charge in [-0.3, -0.25) is 4.79 Å². The lowest BCUT2D eigenvalue weighted by Crippen LogP contribution is -2.43. The molecule has 2 heterocycles. The zero-order valence-electron chi connectivity index (χ0n) is 16.5. The molecule has 0 unspecified atom stereocenters. The third-order valence-corrected chi connectivity index (χ3v) is 5.51. The van der Waals surface area contributed by atoms with Crippen molar-refractivity contribution in [3.63, 3.8) is 0 Å². The molecular weight excluding hydrogens is 326 g/mol. The van der Waals surface area contributed by atoms with E-state index in [9.17, 15) is 4.79 Å². The second kappa shape index (κ2) is 8.80. The maximum Gasteiger partial charge on any atom is 0.236 e. The summed E-state index contributed by atoms with van der Waals surface area (Å²) in [4.78, 5) is 25.4. The topological polar surface area (TPSA) is 61.4 Å². The van der Waals surface area contributed by atoms with E-state index in [2.05, 4.69) is 21.4 Å². The molecule has 1 amide bonds. The van der Waals surface area contributed by atoms with Gasteiger partial charge in [-0.25, -0.2) is 9.97 Å². The minimum absolute atomic E-state index is 0.245. The molecule has 0 radical (unpaired) electrons. The standard InChI is InChI=1S/C20H33N5O/c1-15-21-18(13-19(22-15)23-17-6-4-5-7-17)12-16-8-10-25(11-9-16)20(26)14-24(2)3/h13,16-17H,4-12,14H2,1-3H3,(H,21,22,23). The first-order valence-electron chi connectivity index (χ1n) is 10.0. The van der Waals surface area contributed by atoms with Crippen LogP contribution in [0.3, 0.4) is 0 Å². The van der Waals surface area contributed by atoms with Crippen LogP contribution in [-0.4, -0.2) is 65.4 Å². The SMILES string of the molecule is Cc1nc(CC2CCN(C(=O)CN(C)C)CC2)cc(NC2CCCC2)n1. The van der Waals surface area contributed by atoms with E-state index in [0.717, 1.165) is 49.7 Å². The number of hydrogen-bond donors (Lipinski definition) is 1. The Morgan fingerprint density at radius 3 is 2.54 bits per heavy atom. The molecule has 0 aromatic carbocycles. The van der Waals surface area contributed by atoms with Gasteiger partial charge in [0.25, 0.3) is 0 Å². The van der Waals surface area contributed by atoms with Crippen LogP contribution in [0.4, 0.5) is 5.82 Å². The minimum atomic E-state index is 0.245. The number of aromatic nitrogens is 2. The van der Waals surface area contributed by atoms with Gasteiger partial charge >= 0.3 is 0 Å². The van der Waals surface area contributed by atoms with E-state index in [1.807, 2.05) is 30.8 Å². The lowest BCUT2D eigenvalue weighted by atomic mass is 9.92. The Morgan fingerprint density at radius 1 is 1.19 bits per heavy atom. The minimum Gasteiger partial charge on any atom is -0.367 e. The zero-order valence-corrected chi connectivity index (χ0v) is 16.5. The van der Waals surface area contributed by atoms with Crippen LogP contribution >= 0.6 is 0 Å². The van der Waals surface area contributed by atoms with Gasteiger partial charge in [-0.1, -0.05) is 12.8 Å². The number of aryl methyl sites for hydroxylation is 1. The molecule has 1 saturated heterocycles. The van der Waals surface area contributed by atoms with Gasteiger partial charge in [0.2, 0.25) is 5.91 Å². The summed E-state index contributed by atoms with van der Waals surface area (Å²) in [7, 11) is 3.89. The molecule has 0 spiro atoms. The fraction of sp³-hybridized carbons (Fsp3) is 0.750. The number of anilines is 1. The van der Waals surface area contributed by atoms with Gasteiger partial charge in [-0.05, 0) is 59.0 Å². The van der Waals surface area contributed by atoms with Crippen LogP contribution in [0.5, 0.6) is 0 Å². The Kier molecular flexibility index (Phi) is 6.46. The third-order valence-electron chi connectivity index (χ3n) is 5.51. The van der Waals surface area contributed by atoms with Crippen LogP contribution < -0.4 is 5.32 Å². The summed E-state index contributed by atoms with van der Waals surface area (Å²) >= 11 is 0. The van der Waals surface area contributed by atoms with Gasteiger partial charge in [0.05, 0.1) is 6.54 Å². The first kappa shape index (κ1) is 19.1. The van der Waals surface area contributed by atoms with Crippen molar-refractivity contribution in [2.24, 2.45) is 5.92 Å². The van der Waals surface area contributed by atoms with E-state index in [1.54, 1.807) is 0 Å². The molecule has 1 aromatic heterocycles. The van der Waals surface area contributed by atoms with Gasteiger partial charge in [-0.2, -0.15) is 0 Å². The van der Waals surface area contributed by atoms with Crippen molar-refractivity contribution in [2.75, 3.05) is 39.0 Å². The van der Waals surface area contributed by atoms with Crippen molar-refractivity contribution in [1.29, 1.82) is 0 Å². The van der Waals surface area contributed by atoms with E-state index >= 15 is 0 Å². The Morgan fingerprint density at radius 2 is 1.88 bits per heavy atom. The number of likely N-dealkylation sites (N-methyl/N-ethyl adjacent to an activating group) is 1. The monoisotopic (exact) mass is 359 g/mol. The van der Waals surface area contributed by atoms with Crippen molar-refractivity contribution in [3.05, 3.63) is 17.6 Å². The van der Waals surface area contributed by atoms with E-state index in [4.69, 9.17) is 0 Å². The number of likely N-dealkylation sites (tertiary alicyclic amines) is 1. The van der Waals surface area contributed by atoms with Gasteiger partial charge in [0, 0.05) is 30.9 Å². The summed E-state index contributed by atoms with van der Waals surface area (Å²) in [5.74, 6) is 2.68. The molecular formula is C20H33N5O. The van der Waals surface area contributed by atoms with Crippen LogP contribution in [0.2, 0.25) is 0 Å². The second-order valence-corrected chi connectivity index (χ2v) is 8.18.